The summed E-state index contributed by atoms with van der Waals surface area (Å²) >= 11 is 0. The van der Waals surface area contributed by atoms with Gasteiger partial charge in [0, 0.05) is 6.54 Å². The van der Waals surface area contributed by atoms with Gasteiger partial charge in [-0.15, -0.1) is 0 Å². The van der Waals surface area contributed by atoms with Gasteiger partial charge >= 0.3 is 5.97 Å². The van der Waals surface area contributed by atoms with E-state index in [2.05, 4.69) is 11.8 Å². The number of hydrogen-bond acceptors (Lipinski definition) is 4. The van der Waals surface area contributed by atoms with Crippen molar-refractivity contribution in [2.75, 3.05) is 11.4 Å². The number of nitriles is 1. The van der Waals surface area contributed by atoms with Gasteiger partial charge in [-0.05, 0) is 42.3 Å². The number of ether oxygens (including phenoxy) is 1. The van der Waals surface area contributed by atoms with Crippen molar-refractivity contribution in [3.63, 3.8) is 0 Å². The van der Waals surface area contributed by atoms with E-state index in [0.29, 0.717) is 11.3 Å². The number of anilines is 2. The van der Waals surface area contributed by atoms with Gasteiger partial charge < -0.3 is 14.7 Å². The van der Waals surface area contributed by atoms with Crippen molar-refractivity contribution in [1.82, 2.24) is 0 Å². The van der Waals surface area contributed by atoms with Crippen LogP contribution in [0.3, 0.4) is 0 Å². The number of fused-ring (bicyclic) bond motifs is 2. The summed E-state index contributed by atoms with van der Waals surface area (Å²) in [5.74, 6) is 0.208. The molecule has 1 aliphatic rings. The van der Waals surface area contributed by atoms with Crippen LogP contribution in [0, 0.1) is 11.3 Å². The smallest absolute Gasteiger partial charge is 0.346 e. The van der Waals surface area contributed by atoms with Gasteiger partial charge in [0.15, 0.2) is 11.5 Å². The minimum atomic E-state index is -1.24. The first-order chi connectivity index (χ1) is 13.1. The zero-order valence-electron chi connectivity index (χ0n) is 15.3. The number of carboxylic acid groups (broad SMARTS) is 1. The fourth-order valence-electron chi connectivity index (χ4n) is 3.19. The largest absolute Gasteiger partial charge is 0.477 e. The molecule has 138 valence electrons. The molecular weight excluding hydrogens is 340 g/mol. The van der Waals surface area contributed by atoms with Crippen LogP contribution in [0.4, 0.5) is 11.4 Å². The molecule has 5 heteroatoms. The van der Waals surface area contributed by atoms with E-state index in [1.54, 1.807) is 12.1 Å². The molecular formula is C22H22N2O3. The zero-order chi connectivity index (χ0) is 19.2. The van der Waals surface area contributed by atoms with Crippen LogP contribution < -0.4 is 9.64 Å². The monoisotopic (exact) mass is 362 g/mol. The maximum Gasteiger partial charge on any atom is 0.346 e. The molecule has 2 aromatic rings. The molecule has 27 heavy (non-hydrogen) atoms. The second-order valence-electron chi connectivity index (χ2n) is 6.48. The molecule has 1 aliphatic heterocycles. The van der Waals surface area contributed by atoms with E-state index < -0.39 is 5.97 Å². The number of carboxylic acids is 1. The molecule has 0 aliphatic carbocycles. The summed E-state index contributed by atoms with van der Waals surface area (Å²) in [5.41, 5.74) is 2.31. The van der Waals surface area contributed by atoms with Crippen LogP contribution in [0.15, 0.2) is 48.0 Å². The second-order valence-corrected chi connectivity index (χ2v) is 6.48. The Bertz CT molecular complexity index is 912. The molecule has 5 nitrogen and oxygen atoms in total. The predicted molar refractivity (Wildman–Crippen MR) is 105 cm³/mol. The van der Waals surface area contributed by atoms with E-state index in [1.165, 1.54) is 25.3 Å². The Morgan fingerprint density at radius 3 is 2.67 bits per heavy atom. The summed E-state index contributed by atoms with van der Waals surface area (Å²) in [6, 6.07) is 15.1. The highest BCUT2D eigenvalue weighted by atomic mass is 16.5. The van der Waals surface area contributed by atoms with E-state index in [0.717, 1.165) is 30.1 Å². The Morgan fingerprint density at radius 1 is 1.15 bits per heavy atom. The molecule has 0 saturated carbocycles. The average Bonchev–Trinajstić information content (AvgIpc) is 2.68. The van der Waals surface area contributed by atoms with E-state index >= 15 is 0 Å². The van der Waals surface area contributed by atoms with Crippen molar-refractivity contribution in [1.29, 1.82) is 5.26 Å². The lowest BCUT2D eigenvalue weighted by molar-refractivity contribution is -0.132. The third-order valence-electron chi connectivity index (χ3n) is 4.55. The zero-order valence-corrected chi connectivity index (χ0v) is 15.3. The first kappa shape index (κ1) is 18.5. The topological polar surface area (TPSA) is 73.6 Å². The lowest BCUT2D eigenvalue weighted by Gasteiger charge is -2.33. The quantitative estimate of drug-likeness (QED) is 0.400. The van der Waals surface area contributed by atoms with Gasteiger partial charge in [-0.2, -0.15) is 5.26 Å². The summed E-state index contributed by atoms with van der Waals surface area (Å²) in [5, 5.41) is 18.0. The molecule has 1 N–H and O–H groups in total. The van der Waals surface area contributed by atoms with Gasteiger partial charge in [-0.25, -0.2) is 4.79 Å². The molecule has 0 saturated heterocycles. The van der Waals surface area contributed by atoms with Crippen LogP contribution in [-0.4, -0.2) is 17.6 Å². The molecule has 0 radical (unpaired) electrons. The first-order valence-corrected chi connectivity index (χ1v) is 9.17. The SMILES string of the molecule is CCCCCCN1c2ccccc2Oc2cc(/C=C(\C#N)C(=O)O)ccc21. The summed E-state index contributed by atoms with van der Waals surface area (Å²) in [6.45, 7) is 3.09. The van der Waals surface area contributed by atoms with Gasteiger partial charge in [-0.1, -0.05) is 44.4 Å². The summed E-state index contributed by atoms with van der Waals surface area (Å²) in [7, 11) is 0. The van der Waals surface area contributed by atoms with Crippen molar-refractivity contribution in [3.8, 4) is 17.6 Å². The third kappa shape index (κ3) is 4.12. The number of hydrogen-bond donors (Lipinski definition) is 1. The van der Waals surface area contributed by atoms with Gasteiger partial charge in [0.1, 0.15) is 11.6 Å². The molecule has 1 heterocycles. The molecule has 0 spiro atoms. The van der Waals surface area contributed by atoms with Crippen molar-refractivity contribution in [3.05, 3.63) is 53.6 Å². The molecule has 0 amide bonds. The maximum atomic E-state index is 11.1. The summed E-state index contributed by atoms with van der Waals surface area (Å²) in [4.78, 5) is 13.3. The number of aliphatic carboxylic acids is 1. The van der Waals surface area contributed by atoms with Crippen LogP contribution >= 0.6 is 0 Å². The maximum absolute atomic E-state index is 11.1. The molecule has 0 atom stereocenters. The third-order valence-corrected chi connectivity index (χ3v) is 4.55. The van der Waals surface area contributed by atoms with Crippen LogP contribution in [0.25, 0.3) is 6.08 Å². The highest BCUT2D eigenvalue weighted by molar-refractivity contribution is 5.96. The minimum Gasteiger partial charge on any atom is -0.477 e. The van der Waals surface area contributed by atoms with Crippen molar-refractivity contribution in [2.45, 2.75) is 32.6 Å². The Labute approximate surface area is 159 Å². The minimum absolute atomic E-state index is 0.303. The van der Waals surface area contributed by atoms with E-state index in [9.17, 15) is 4.79 Å². The summed E-state index contributed by atoms with van der Waals surface area (Å²) < 4.78 is 6.05. The Hall–Kier alpha value is -3.26. The molecule has 0 aromatic heterocycles. The number of unbranched alkanes of at least 4 members (excludes halogenated alkanes) is 3. The van der Waals surface area contributed by atoms with Gasteiger partial charge in [0.05, 0.1) is 11.4 Å². The van der Waals surface area contributed by atoms with Gasteiger partial charge in [0.2, 0.25) is 0 Å². The Kier molecular flexibility index (Phi) is 5.77. The number of carbonyl (C=O) groups is 1. The normalized spacial score (nSPS) is 12.6. The van der Waals surface area contributed by atoms with Crippen molar-refractivity contribution < 1.29 is 14.6 Å². The molecule has 0 unspecified atom stereocenters. The van der Waals surface area contributed by atoms with Crippen LogP contribution in [0.1, 0.15) is 38.2 Å². The Morgan fingerprint density at radius 2 is 1.93 bits per heavy atom. The van der Waals surface area contributed by atoms with Crippen LogP contribution in [0.5, 0.6) is 11.5 Å². The highest BCUT2D eigenvalue weighted by Gasteiger charge is 2.24. The van der Waals surface area contributed by atoms with Crippen molar-refractivity contribution >= 4 is 23.4 Å². The molecule has 0 bridgehead atoms. The van der Waals surface area contributed by atoms with E-state index in [-0.39, 0.29) is 5.57 Å². The van der Waals surface area contributed by atoms with Gasteiger partial charge in [0.25, 0.3) is 0 Å². The highest BCUT2D eigenvalue weighted by Crippen LogP contribution is 2.47. The van der Waals surface area contributed by atoms with E-state index in [4.69, 9.17) is 15.1 Å². The standard InChI is InChI=1S/C22H22N2O3/c1-2-3-4-7-12-24-18-8-5-6-9-20(18)27-21-14-16(10-11-19(21)24)13-17(15-23)22(25)26/h5-6,8-11,13-14H,2-4,7,12H2,1H3,(H,25,26)/b17-13+. The number of benzene rings is 2. The number of rotatable bonds is 7. The fourth-order valence-corrected chi connectivity index (χ4v) is 3.19. The number of para-hydroxylation sites is 2. The molecule has 0 fully saturated rings. The lowest BCUT2D eigenvalue weighted by atomic mass is 10.1. The van der Waals surface area contributed by atoms with Crippen LogP contribution in [-0.2, 0) is 4.79 Å². The van der Waals surface area contributed by atoms with E-state index in [1.807, 2.05) is 36.4 Å². The van der Waals surface area contributed by atoms with Crippen molar-refractivity contribution in [2.24, 2.45) is 0 Å². The van der Waals surface area contributed by atoms with Gasteiger partial charge in [-0.3, -0.25) is 0 Å². The summed E-state index contributed by atoms with van der Waals surface area (Å²) in [6.07, 6.45) is 6.03. The number of nitrogens with zero attached hydrogens (tertiary/aromatic N) is 2. The Balaban J connectivity index is 1.94. The van der Waals surface area contributed by atoms with Crippen LogP contribution in [0.2, 0.25) is 0 Å². The predicted octanol–water partition coefficient (Wildman–Crippen LogP) is 5.50. The lowest BCUT2D eigenvalue weighted by Crippen LogP contribution is -2.22. The molecule has 2 aromatic carbocycles. The first-order valence-electron chi connectivity index (χ1n) is 9.17. The average molecular weight is 362 g/mol. The second kappa shape index (κ2) is 8.41. The molecule has 3 rings (SSSR count). The fraction of sp³-hybridized carbons (Fsp3) is 0.273.